The number of hydrogen-bond acceptors (Lipinski definition) is 10. The van der Waals surface area contributed by atoms with Gasteiger partial charge in [0.25, 0.3) is 5.91 Å². The second-order valence-electron chi connectivity index (χ2n) is 11.1. The van der Waals surface area contributed by atoms with Crippen molar-refractivity contribution in [3.8, 4) is 11.3 Å². The third kappa shape index (κ3) is 7.38. The van der Waals surface area contributed by atoms with Crippen LogP contribution < -0.4 is 10.6 Å². The Labute approximate surface area is 240 Å². The summed E-state index contributed by atoms with van der Waals surface area (Å²) in [6.07, 6.45) is -1.01. The first-order chi connectivity index (χ1) is 19.5. The average molecular weight is 564 g/mol. The summed E-state index contributed by atoms with van der Waals surface area (Å²) in [6.45, 7) is 5.95. The van der Waals surface area contributed by atoms with Crippen LogP contribution in [0.1, 0.15) is 44.1 Å². The highest BCUT2D eigenvalue weighted by Gasteiger charge is 2.48. The molecule has 4 rings (SSSR count). The molecule has 1 amide bonds. The minimum absolute atomic E-state index is 0.0732. The van der Waals surface area contributed by atoms with E-state index < -0.39 is 60.8 Å². The van der Waals surface area contributed by atoms with Gasteiger partial charge in [0.2, 0.25) is 0 Å². The fraction of sp³-hybridized carbons (Fsp3) is 0.483. The fourth-order valence-electron chi connectivity index (χ4n) is 5.26. The number of amides is 1. The Hall–Kier alpha value is -3.61. The van der Waals surface area contributed by atoms with E-state index in [1.54, 1.807) is 24.1 Å². The third-order valence-electron chi connectivity index (χ3n) is 7.46. The Balaban J connectivity index is 1.51. The van der Waals surface area contributed by atoms with Gasteiger partial charge in [-0.25, -0.2) is 4.98 Å². The third-order valence-corrected chi connectivity index (χ3v) is 7.46. The standard InChI is InChI=1S/C29H37BN4O7/c1-17(2)13-20(30-40-28(38)23-15-31-16-24(34(23)4)29(39)41-30)14-25(36)26(18(3)35)33-27(37)22-12-8-11-21(32-22)19-9-6-5-7-10-19/h5-12,17-18,20,23-24,26,31,35H,13-16H2,1-4H3,(H,33,37)/t18-,20-,23-,24-,26+/m1/s1. The quantitative estimate of drug-likeness (QED) is 0.363. The highest BCUT2D eigenvalue weighted by atomic mass is 16.6. The van der Waals surface area contributed by atoms with Crippen molar-refractivity contribution in [2.75, 3.05) is 20.1 Å². The SMILES string of the molecule is CC(C)C[C@H](CC(=O)[C@@H](NC(=O)c1cccc(-c2ccccc2)n1)[C@@H](C)O)B1OC(=O)[C@H]2CNC[C@H](C(=O)O1)N2C. The Morgan fingerprint density at radius 1 is 1.05 bits per heavy atom. The van der Waals surface area contributed by atoms with Crippen molar-refractivity contribution in [2.45, 2.75) is 63.7 Å². The number of fused-ring (bicyclic) bond motifs is 2. The van der Waals surface area contributed by atoms with Crippen molar-refractivity contribution >= 4 is 30.7 Å². The van der Waals surface area contributed by atoms with E-state index in [1.807, 2.05) is 44.2 Å². The highest BCUT2D eigenvalue weighted by Crippen LogP contribution is 2.30. The minimum Gasteiger partial charge on any atom is -0.498 e. The van der Waals surface area contributed by atoms with Crippen LogP contribution in [0.25, 0.3) is 11.3 Å². The van der Waals surface area contributed by atoms with Crippen LogP contribution in [0, 0.1) is 5.92 Å². The monoisotopic (exact) mass is 564 g/mol. The molecule has 11 nitrogen and oxygen atoms in total. The van der Waals surface area contributed by atoms with Crippen LogP contribution in [-0.2, 0) is 23.7 Å². The number of likely N-dealkylation sites (N-methyl/N-ethyl adjacent to an activating group) is 1. The smallest absolute Gasteiger partial charge is 0.498 e. The number of benzene rings is 1. The number of carbonyl (C=O) groups excluding carboxylic acids is 4. The maximum Gasteiger partial charge on any atom is 0.602 e. The maximum absolute atomic E-state index is 13.5. The van der Waals surface area contributed by atoms with Gasteiger partial charge < -0.3 is 25.0 Å². The molecule has 2 aliphatic heterocycles. The summed E-state index contributed by atoms with van der Waals surface area (Å²) in [4.78, 5) is 58.7. The summed E-state index contributed by atoms with van der Waals surface area (Å²) in [6, 6.07) is 11.8. The molecule has 3 N–H and O–H groups in total. The summed E-state index contributed by atoms with van der Waals surface area (Å²) in [5.74, 6) is -2.79. The number of nitrogens with one attached hydrogen (secondary N) is 2. The van der Waals surface area contributed by atoms with Gasteiger partial charge in [-0.15, -0.1) is 0 Å². The van der Waals surface area contributed by atoms with Gasteiger partial charge in [0.1, 0.15) is 23.8 Å². The predicted octanol–water partition coefficient (Wildman–Crippen LogP) is 1.46. The zero-order valence-corrected chi connectivity index (χ0v) is 23.8. The first-order valence-electron chi connectivity index (χ1n) is 13.9. The number of carbonyl (C=O) groups is 4. The molecule has 3 heterocycles. The number of ketones is 1. The van der Waals surface area contributed by atoms with Crippen molar-refractivity contribution < 1.29 is 33.6 Å². The van der Waals surface area contributed by atoms with E-state index >= 15 is 0 Å². The van der Waals surface area contributed by atoms with Crippen LogP contribution in [-0.4, -0.2) is 90.1 Å². The Morgan fingerprint density at radius 2 is 1.68 bits per heavy atom. The number of rotatable bonds is 10. The second-order valence-corrected chi connectivity index (χ2v) is 11.1. The zero-order chi connectivity index (χ0) is 29.7. The zero-order valence-electron chi connectivity index (χ0n) is 23.8. The molecule has 2 bridgehead atoms. The number of piperazine rings is 1. The Kier molecular flexibility index (Phi) is 9.90. The summed E-state index contributed by atoms with van der Waals surface area (Å²) in [5.41, 5.74) is 1.51. The van der Waals surface area contributed by atoms with Crippen molar-refractivity contribution in [1.82, 2.24) is 20.5 Å². The van der Waals surface area contributed by atoms with Crippen molar-refractivity contribution in [3.63, 3.8) is 0 Å². The molecule has 2 fully saturated rings. The highest BCUT2D eigenvalue weighted by molar-refractivity contribution is 6.51. The summed E-state index contributed by atoms with van der Waals surface area (Å²) in [7, 11) is 0.404. The molecule has 0 radical (unpaired) electrons. The van der Waals surface area contributed by atoms with E-state index in [0.717, 1.165) is 5.56 Å². The lowest BCUT2D eigenvalue weighted by atomic mass is 9.64. The first-order valence-corrected chi connectivity index (χ1v) is 13.9. The van der Waals surface area contributed by atoms with Gasteiger partial charge in [-0.05, 0) is 38.4 Å². The average Bonchev–Trinajstić information content (AvgIpc) is 2.94. The van der Waals surface area contributed by atoms with Crippen LogP contribution in [0.15, 0.2) is 48.5 Å². The topological polar surface area (TPSA) is 147 Å². The number of pyridine rings is 1. The normalized spacial score (nSPS) is 21.7. The van der Waals surface area contributed by atoms with Crippen molar-refractivity contribution in [1.29, 1.82) is 0 Å². The maximum atomic E-state index is 13.5. The van der Waals surface area contributed by atoms with Gasteiger partial charge in [-0.2, -0.15) is 0 Å². The number of aromatic nitrogens is 1. The van der Waals surface area contributed by atoms with E-state index in [2.05, 4.69) is 15.6 Å². The van der Waals surface area contributed by atoms with Crippen LogP contribution in [0.2, 0.25) is 5.82 Å². The van der Waals surface area contributed by atoms with Crippen LogP contribution >= 0.6 is 0 Å². The van der Waals surface area contributed by atoms with Gasteiger partial charge in [0.15, 0.2) is 5.78 Å². The molecule has 1 aromatic heterocycles. The van der Waals surface area contributed by atoms with E-state index in [0.29, 0.717) is 25.2 Å². The molecule has 0 saturated carbocycles. The molecule has 218 valence electrons. The Bertz CT molecular complexity index is 1230. The Morgan fingerprint density at radius 3 is 2.27 bits per heavy atom. The van der Waals surface area contributed by atoms with Gasteiger partial charge in [0.05, 0.1) is 11.8 Å². The summed E-state index contributed by atoms with van der Waals surface area (Å²) >= 11 is 0. The first kappa shape index (κ1) is 30.4. The largest absolute Gasteiger partial charge is 0.602 e. The van der Waals surface area contributed by atoms with E-state index in [4.69, 9.17) is 9.31 Å². The lowest BCUT2D eigenvalue weighted by Gasteiger charge is -2.40. The van der Waals surface area contributed by atoms with Crippen molar-refractivity contribution in [2.24, 2.45) is 5.92 Å². The molecule has 0 spiro atoms. The molecular formula is C29H37BN4O7. The molecule has 12 heteroatoms. The van der Waals surface area contributed by atoms with E-state index in [-0.39, 0.29) is 18.0 Å². The van der Waals surface area contributed by atoms with Gasteiger partial charge in [-0.3, -0.25) is 24.1 Å². The number of nitrogens with zero attached hydrogens (tertiary/aromatic N) is 2. The number of aliphatic hydroxyl groups excluding tert-OH is 1. The van der Waals surface area contributed by atoms with Crippen molar-refractivity contribution in [3.05, 3.63) is 54.2 Å². The molecular weight excluding hydrogens is 527 g/mol. The molecule has 2 aromatic rings. The molecule has 0 unspecified atom stereocenters. The second kappa shape index (κ2) is 13.4. The number of aliphatic hydroxyl groups is 1. The van der Waals surface area contributed by atoms with E-state index in [9.17, 15) is 24.3 Å². The van der Waals surface area contributed by atoms with E-state index in [1.165, 1.54) is 13.0 Å². The number of Topliss-reactive ketones (excluding diaryl/α,β-unsaturated/α-hetero) is 1. The molecule has 1 aromatic carbocycles. The molecule has 2 aliphatic rings. The van der Waals surface area contributed by atoms with Crippen LogP contribution in [0.4, 0.5) is 0 Å². The number of hydrogen-bond donors (Lipinski definition) is 3. The minimum atomic E-state index is -1.27. The molecule has 5 atom stereocenters. The summed E-state index contributed by atoms with van der Waals surface area (Å²) < 4.78 is 11.3. The molecule has 0 aliphatic carbocycles. The van der Waals surface area contributed by atoms with Gasteiger partial charge >= 0.3 is 19.1 Å². The summed E-state index contributed by atoms with van der Waals surface area (Å²) in [5, 5.41) is 16.2. The lowest BCUT2D eigenvalue weighted by Crippen LogP contribution is -2.64. The molecule has 41 heavy (non-hydrogen) atoms. The van der Waals surface area contributed by atoms with Crippen LogP contribution in [0.3, 0.4) is 0 Å². The van der Waals surface area contributed by atoms with Gasteiger partial charge in [-0.1, -0.05) is 50.2 Å². The fourth-order valence-corrected chi connectivity index (χ4v) is 5.26. The lowest BCUT2D eigenvalue weighted by molar-refractivity contribution is -0.156. The van der Waals surface area contributed by atoms with Crippen LogP contribution in [0.5, 0.6) is 0 Å². The molecule has 2 saturated heterocycles. The predicted molar refractivity (Wildman–Crippen MR) is 152 cm³/mol. The van der Waals surface area contributed by atoms with Gasteiger partial charge in [0, 0.05) is 30.9 Å².